The van der Waals surface area contributed by atoms with E-state index >= 15 is 0 Å². The van der Waals surface area contributed by atoms with Gasteiger partial charge in [-0.1, -0.05) is 32.1 Å². The lowest BCUT2D eigenvalue weighted by atomic mass is 10.1. The third kappa shape index (κ3) is 13.6. The highest BCUT2D eigenvalue weighted by Gasteiger charge is 2.28. The normalized spacial score (nSPS) is 13.9. The van der Waals surface area contributed by atoms with E-state index in [9.17, 15) is 17.6 Å². The van der Waals surface area contributed by atoms with E-state index in [0.717, 1.165) is 19.3 Å². The molecule has 1 atom stereocenters. The Hall–Kier alpha value is -0.360. The summed E-state index contributed by atoms with van der Waals surface area (Å²) in [5.41, 5.74) is 0. The molecular weight excluding hydrogens is 240 g/mol. The van der Waals surface area contributed by atoms with Gasteiger partial charge in [-0.3, -0.25) is 4.74 Å². The molecule has 17 heavy (non-hydrogen) atoms. The second-order valence-electron chi connectivity index (χ2n) is 3.98. The summed E-state index contributed by atoms with van der Waals surface area (Å²) in [5, 5.41) is 8.42. The number of hydrogen-bond donors (Lipinski definition) is 1. The lowest BCUT2D eigenvalue weighted by Crippen LogP contribution is -2.13. The van der Waals surface area contributed by atoms with Crippen molar-refractivity contribution >= 4 is 0 Å². The fourth-order valence-electron chi connectivity index (χ4n) is 1.45. The molecule has 0 bridgehead atoms. The number of aliphatic hydroxyl groups is 1. The summed E-state index contributed by atoms with van der Waals surface area (Å²) in [7, 11) is 0. The molecule has 0 aromatic heterocycles. The predicted molar refractivity (Wildman–Crippen MR) is 56.3 cm³/mol. The number of ether oxygens (including phenoxy) is 1. The Morgan fingerprint density at radius 3 is 2.00 bits per heavy atom. The molecule has 104 valence electrons. The Morgan fingerprint density at radius 1 is 0.941 bits per heavy atom. The Bertz CT molecular complexity index is 173. The first-order valence-electron chi connectivity index (χ1n) is 5.91. The van der Waals surface area contributed by atoms with E-state index in [0.29, 0.717) is 25.7 Å². The quantitative estimate of drug-likeness (QED) is 0.480. The molecule has 0 fully saturated rings. The van der Waals surface area contributed by atoms with Crippen molar-refractivity contribution in [1.29, 1.82) is 0 Å². The van der Waals surface area contributed by atoms with E-state index in [-0.39, 0.29) is 6.61 Å². The fraction of sp³-hybridized carbons (Fsp3) is 1.00. The molecule has 0 saturated carbocycles. The van der Waals surface area contributed by atoms with Crippen LogP contribution >= 0.6 is 0 Å². The van der Waals surface area contributed by atoms with Crippen molar-refractivity contribution < 1.29 is 27.4 Å². The zero-order valence-corrected chi connectivity index (χ0v) is 9.81. The number of unbranched alkanes of at least 4 members (excludes halogenated alkanes) is 5. The van der Waals surface area contributed by atoms with Crippen LogP contribution < -0.4 is 0 Å². The van der Waals surface area contributed by atoms with Crippen molar-refractivity contribution in [2.45, 2.75) is 57.5 Å². The van der Waals surface area contributed by atoms with Crippen LogP contribution in [0.3, 0.4) is 0 Å². The van der Waals surface area contributed by atoms with Gasteiger partial charge in [0.1, 0.15) is 6.17 Å². The molecule has 1 unspecified atom stereocenters. The lowest BCUT2D eigenvalue weighted by molar-refractivity contribution is -0.324. The van der Waals surface area contributed by atoms with Gasteiger partial charge in [0.15, 0.2) is 0 Å². The van der Waals surface area contributed by atoms with E-state index < -0.39 is 19.1 Å². The minimum atomic E-state index is -4.53. The van der Waals surface area contributed by atoms with Gasteiger partial charge in [0, 0.05) is 0 Å². The van der Waals surface area contributed by atoms with Crippen LogP contribution in [-0.4, -0.2) is 30.9 Å². The summed E-state index contributed by atoms with van der Waals surface area (Å²) in [4.78, 5) is 0. The SMILES string of the molecule is OCC(F)CCCCCCCCOC(F)(F)F. The summed E-state index contributed by atoms with van der Waals surface area (Å²) in [6.45, 7) is -0.727. The van der Waals surface area contributed by atoms with Gasteiger partial charge in [-0.15, -0.1) is 13.2 Å². The van der Waals surface area contributed by atoms with Crippen molar-refractivity contribution in [2.75, 3.05) is 13.2 Å². The van der Waals surface area contributed by atoms with Crippen molar-refractivity contribution in [3.05, 3.63) is 0 Å². The molecule has 0 aliphatic carbocycles. The zero-order valence-electron chi connectivity index (χ0n) is 9.81. The highest BCUT2D eigenvalue weighted by Crippen LogP contribution is 2.17. The number of halogens is 4. The first kappa shape index (κ1) is 16.6. The first-order valence-corrected chi connectivity index (χ1v) is 5.91. The average Bonchev–Trinajstić information content (AvgIpc) is 2.25. The van der Waals surface area contributed by atoms with Crippen molar-refractivity contribution in [1.82, 2.24) is 0 Å². The van der Waals surface area contributed by atoms with Gasteiger partial charge in [-0.2, -0.15) is 0 Å². The van der Waals surface area contributed by atoms with Gasteiger partial charge in [0.05, 0.1) is 13.2 Å². The molecule has 6 heteroatoms. The molecule has 0 spiro atoms. The average molecular weight is 260 g/mol. The van der Waals surface area contributed by atoms with E-state index in [1.54, 1.807) is 0 Å². The van der Waals surface area contributed by atoms with E-state index in [2.05, 4.69) is 4.74 Å². The summed E-state index contributed by atoms with van der Waals surface area (Å²) in [5.74, 6) is 0. The zero-order chi connectivity index (χ0) is 13.1. The Morgan fingerprint density at radius 2 is 1.47 bits per heavy atom. The van der Waals surface area contributed by atoms with Crippen LogP contribution in [-0.2, 0) is 4.74 Å². The van der Waals surface area contributed by atoms with Gasteiger partial charge in [-0.25, -0.2) is 4.39 Å². The summed E-state index contributed by atoms with van der Waals surface area (Å²) >= 11 is 0. The van der Waals surface area contributed by atoms with Gasteiger partial charge >= 0.3 is 6.36 Å². The summed E-state index contributed by atoms with van der Waals surface area (Å²) in [6, 6.07) is 0. The van der Waals surface area contributed by atoms with Crippen molar-refractivity contribution in [3.8, 4) is 0 Å². The lowest BCUT2D eigenvalue weighted by Gasteiger charge is -2.07. The highest BCUT2D eigenvalue weighted by molar-refractivity contribution is 4.54. The van der Waals surface area contributed by atoms with E-state index in [1.165, 1.54) is 0 Å². The van der Waals surface area contributed by atoms with Crippen LogP contribution in [0.2, 0.25) is 0 Å². The maximum absolute atomic E-state index is 12.5. The molecule has 0 saturated heterocycles. The van der Waals surface area contributed by atoms with Crippen LogP contribution in [0.15, 0.2) is 0 Å². The second-order valence-corrected chi connectivity index (χ2v) is 3.98. The molecule has 1 N–H and O–H groups in total. The van der Waals surface area contributed by atoms with Crippen LogP contribution in [0.25, 0.3) is 0 Å². The Balaban J connectivity index is 3.09. The molecule has 0 heterocycles. The minimum Gasteiger partial charge on any atom is -0.393 e. The van der Waals surface area contributed by atoms with Crippen LogP contribution in [0.4, 0.5) is 17.6 Å². The smallest absolute Gasteiger partial charge is 0.393 e. The van der Waals surface area contributed by atoms with Crippen molar-refractivity contribution in [2.24, 2.45) is 0 Å². The monoisotopic (exact) mass is 260 g/mol. The molecule has 0 aliphatic heterocycles. The van der Waals surface area contributed by atoms with Crippen molar-refractivity contribution in [3.63, 3.8) is 0 Å². The van der Waals surface area contributed by atoms with Crippen LogP contribution in [0.1, 0.15) is 44.9 Å². The molecule has 0 amide bonds. The maximum atomic E-state index is 12.5. The Labute approximate surface area is 99.0 Å². The standard InChI is InChI=1S/C11H20F4O2/c12-10(9-16)7-5-3-1-2-4-6-8-17-11(13,14)15/h10,16H,1-9H2. The van der Waals surface area contributed by atoms with Gasteiger partial charge in [0.2, 0.25) is 0 Å². The summed E-state index contributed by atoms with van der Waals surface area (Å²) < 4.78 is 50.9. The number of aliphatic hydroxyl groups excluding tert-OH is 1. The molecule has 0 radical (unpaired) electrons. The number of rotatable bonds is 10. The predicted octanol–water partition coefficient (Wildman–Crippen LogP) is 3.58. The Kier molecular flexibility index (Phi) is 9.44. The van der Waals surface area contributed by atoms with Crippen LogP contribution in [0, 0.1) is 0 Å². The fourth-order valence-corrected chi connectivity index (χ4v) is 1.45. The topological polar surface area (TPSA) is 29.5 Å². The molecule has 2 nitrogen and oxygen atoms in total. The summed E-state index contributed by atoms with van der Waals surface area (Å²) in [6.07, 6.45) is -0.969. The maximum Gasteiger partial charge on any atom is 0.522 e. The van der Waals surface area contributed by atoms with Gasteiger partial charge < -0.3 is 5.11 Å². The third-order valence-corrected chi connectivity index (χ3v) is 2.38. The highest BCUT2D eigenvalue weighted by atomic mass is 19.4. The van der Waals surface area contributed by atoms with Crippen LogP contribution in [0.5, 0.6) is 0 Å². The van der Waals surface area contributed by atoms with Gasteiger partial charge in [0.25, 0.3) is 0 Å². The van der Waals surface area contributed by atoms with E-state index in [1.807, 2.05) is 0 Å². The van der Waals surface area contributed by atoms with E-state index in [4.69, 9.17) is 5.11 Å². The third-order valence-electron chi connectivity index (χ3n) is 2.38. The number of hydrogen-bond acceptors (Lipinski definition) is 2. The van der Waals surface area contributed by atoms with Gasteiger partial charge in [-0.05, 0) is 12.8 Å². The molecule has 0 aliphatic rings. The first-order chi connectivity index (χ1) is 7.95. The largest absolute Gasteiger partial charge is 0.522 e. The molecule has 0 aromatic carbocycles. The second kappa shape index (κ2) is 9.65. The molecule has 0 aromatic rings. The number of alkyl halides is 4. The minimum absolute atomic E-state index is 0.291. The molecule has 0 rings (SSSR count). The molecular formula is C11H20F4O2.